The lowest BCUT2D eigenvalue weighted by Crippen LogP contribution is -1.97. The van der Waals surface area contributed by atoms with Gasteiger partial charge in [0.15, 0.2) is 5.78 Å². The first-order chi connectivity index (χ1) is 6.15. The molecule has 0 spiro atoms. The van der Waals surface area contributed by atoms with Crippen LogP contribution in [0.5, 0.6) is 0 Å². The molecule has 0 bridgehead atoms. The van der Waals surface area contributed by atoms with Crippen LogP contribution in [-0.2, 0) is 7.05 Å². The molecule has 0 aliphatic rings. The van der Waals surface area contributed by atoms with Crippen molar-refractivity contribution in [2.75, 3.05) is 0 Å². The zero-order chi connectivity index (χ0) is 9.84. The first-order valence-corrected chi connectivity index (χ1v) is 4.08. The lowest BCUT2D eigenvalue weighted by molar-refractivity contribution is 0.0997. The first-order valence-electron chi connectivity index (χ1n) is 4.08. The standard InChI is InChI=1S/C10H12N2O/c1-4-5-6-10(13)9-7-12(3)11-8(9)2/h7H,6H2,1-3H3. The molecule has 13 heavy (non-hydrogen) atoms. The Labute approximate surface area is 77.8 Å². The summed E-state index contributed by atoms with van der Waals surface area (Å²) < 4.78 is 1.64. The van der Waals surface area contributed by atoms with Crippen molar-refractivity contribution in [3.63, 3.8) is 0 Å². The number of aryl methyl sites for hydroxylation is 2. The van der Waals surface area contributed by atoms with Crippen molar-refractivity contribution in [2.45, 2.75) is 20.3 Å². The summed E-state index contributed by atoms with van der Waals surface area (Å²) >= 11 is 0. The van der Waals surface area contributed by atoms with E-state index in [-0.39, 0.29) is 12.2 Å². The zero-order valence-electron chi connectivity index (χ0n) is 8.09. The van der Waals surface area contributed by atoms with Gasteiger partial charge in [0.05, 0.1) is 17.7 Å². The SMILES string of the molecule is CC#CCC(=O)c1cn(C)nc1C. The molecule has 0 amide bonds. The maximum atomic E-state index is 11.5. The summed E-state index contributed by atoms with van der Waals surface area (Å²) in [6.07, 6.45) is 2.01. The van der Waals surface area contributed by atoms with E-state index in [4.69, 9.17) is 0 Å². The van der Waals surface area contributed by atoms with Crippen molar-refractivity contribution in [3.8, 4) is 11.8 Å². The third-order valence-corrected chi connectivity index (χ3v) is 1.74. The molecule has 0 unspecified atom stereocenters. The highest BCUT2D eigenvalue weighted by Gasteiger charge is 2.10. The van der Waals surface area contributed by atoms with Crippen molar-refractivity contribution in [2.24, 2.45) is 7.05 Å². The molecule has 0 atom stereocenters. The molecule has 0 aliphatic heterocycles. The Morgan fingerprint density at radius 1 is 1.69 bits per heavy atom. The van der Waals surface area contributed by atoms with Crippen LogP contribution in [0.25, 0.3) is 0 Å². The van der Waals surface area contributed by atoms with Crippen LogP contribution in [0.15, 0.2) is 6.20 Å². The number of ketones is 1. The van der Waals surface area contributed by atoms with E-state index in [1.165, 1.54) is 0 Å². The van der Waals surface area contributed by atoms with Crippen LogP contribution in [0.4, 0.5) is 0 Å². The minimum absolute atomic E-state index is 0.0416. The van der Waals surface area contributed by atoms with Crippen LogP contribution in [-0.4, -0.2) is 15.6 Å². The molecule has 1 heterocycles. The lowest BCUT2D eigenvalue weighted by Gasteiger charge is -1.90. The predicted octanol–water partition coefficient (Wildman–Crippen LogP) is 1.32. The van der Waals surface area contributed by atoms with E-state index in [9.17, 15) is 4.79 Å². The van der Waals surface area contributed by atoms with Crippen LogP contribution in [0.2, 0.25) is 0 Å². The summed E-state index contributed by atoms with van der Waals surface area (Å²) in [5.41, 5.74) is 1.44. The smallest absolute Gasteiger partial charge is 0.178 e. The topological polar surface area (TPSA) is 34.9 Å². The molecule has 0 aromatic carbocycles. The molecular weight excluding hydrogens is 164 g/mol. The average molecular weight is 176 g/mol. The molecule has 1 aromatic heterocycles. The summed E-state index contributed by atoms with van der Waals surface area (Å²) in [7, 11) is 1.80. The number of nitrogens with zero attached hydrogens (tertiary/aromatic N) is 2. The highest BCUT2D eigenvalue weighted by atomic mass is 16.1. The largest absolute Gasteiger partial charge is 0.293 e. The van der Waals surface area contributed by atoms with Crippen LogP contribution in [0.1, 0.15) is 29.4 Å². The summed E-state index contributed by atoms with van der Waals surface area (Å²) in [5.74, 6) is 5.48. The fourth-order valence-corrected chi connectivity index (χ4v) is 1.14. The third kappa shape index (κ3) is 2.19. The summed E-state index contributed by atoms with van der Waals surface area (Å²) in [6.45, 7) is 3.55. The molecule has 1 rings (SSSR count). The van der Waals surface area contributed by atoms with Gasteiger partial charge in [-0.2, -0.15) is 5.10 Å². The van der Waals surface area contributed by atoms with Gasteiger partial charge in [-0.05, 0) is 13.8 Å². The van der Waals surface area contributed by atoms with Crippen LogP contribution >= 0.6 is 0 Å². The molecule has 0 aliphatic carbocycles. The quantitative estimate of drug-likeness (QED) is 0.503. The van der Waals surface area contributed by atoms with Crippen molar-refractivity contribution < 1.29 is 4.79 Å². The molecule has 0 saturated heterocycles. The van der Waals surface area contributed by atoms with Crippen LogP contribution in [0.3, 0.4) is 0 Å². The monoisotopic (exact) mass is 176 g/mol. The van der Waals surface area contributed by atoms with Crippen molar-refractivity contribution in [1.82, 2.24) is 9.78 Å². The van der Waals surface area contributed by atoms with Gasteiger partial charge in [0, 0.05) is 13.2 Å². The van der Waals surface area contributed by atoms with E-state index in [1.54, 1.807) is 24.9 Å². The first kappa shape index (κ1) is 9.53. The van der Waals surface area contributed by atoms with Gasteiger partial charge >= 0.3 is 0 Å². The normalized spacial score (nSPS) is 9.15. The molecular formula is C10H12N2O. The molecule has 3 heteroatoms. The Balaban J connectivity index is 2.86. The summed E-state index contributed by atoms with van der Waals surface area (Å²) in [5, 5.41) is 4.09. The van der Waals surface area contributed by atoms with E-state index in [0.29, 0.717) is 5.56 Å². The molecule has 0 radical (unpaired) electrons. The summed E-state index contributed by atoms with van der Waals surface area (Å²) in [4.78, 5) is 11.5. The molecule has 0 saturated carbocycles. The zero-order valence-corrected chi connectivity index (χ0v) is 8.09. The highest BCUT2D eigenvalue weighted by Crippen LogP contribution is 2.07. The molecule has 1 aromatic rings. The lowest BCUT2D eigenvalue weighted by atomic mass is 10.1. The number of carbonyl (C=O) groups is 1. The minimum Gasteiger partial charge on any atom is -0.293 e. The Morgan fingerprint density at radius 2 is 2.38 bits per heavy atom. The molecule has 3 nitrogen and oxygen atoms in total. The predicted molar refractivity (Wildman–Crippen MR) is 50.3 cm³/mol. The molecule has 68 valence electrons. The Kier molecular flexibility index (Phi) is 2.86. The van der Waals surface area contributed by atoms with Crippen molar-refractivity contribution in [1.29, 1.82) is 0 Å². The van der Waals surface area contributed by atoms with Gasteiger partial charge in [-0.3, -0.25) is 9.48 Å². The second-order valence-electron chi connectivity index (χ2n) is 2.83. The number of carbonyl (C=O) groups excluding carboxylic acids is 1. The van der Waals surface area contributed by atoms with Crippen molar-refractivity contribution in [3.05, 3.63) is 17.5 Å². The molecule has 0 N–H and O–H groups in total. The van der Waals surface area contributed by atoms with Crippen LogP contribution < -0.4 is 0 Å². The van der Waals surface area contributed by atoms with Gasteiger partial charge in [0.1, 0.15) is 0 Å². The van der Waals surface area contributed by atoms with Gasteiger partial charge in [0.2, 0.25) is 0 Å². The van der Waals surface area contributed by atoms with Gasteiger partial charge < -0.3 is 0 Å². The number of hydrogen-bond acceptors (Lipinski definition) is 2. The Bertz CT molecular complexity index is 379. The van der Waals surface area contributed by atoms with Gasteiger partial charge in [-0.25, -0.2) is 0 Å². The number of aromatic nitrogens is 2. The third-order valence-electron chi connectivity index (χ3n) is 1.74. The van der Waals surface area contributed by atoms with Crippen LogP contribution in [0, 0.1) is 18.8 Å². The second kappa shape index (κ2) is 3.90. The molecule has 0 fully saturated rings. The van der Waals surface area contributed by atoms with E-state index in [2.05, 4.69) is 16.9 Å². The van der Waals surface area contributed by atoms with E-state index in [0.717, 1.165) is 5.69 Å². The fraction of sp³-hybridized carbons (Fsp3) is 0.400. The number of Topliss-reactive ketones (excluding diaryl/α,β-unsaturated/α-hetero) is 1. The Hall–Kier alpha value is -1.56. The van der Waals surface area contributed by atoms with Gasteiger partial charge in [0.25, 0.3) is 0 Å². The highest BCUT2D eigenvalue weighted by molar-refractivity contribution is 5.98. The van der Waals surface area contributed by atoms with Gasteiger partial charge in [-0.1, -0.05) is 5.92 Å². The van der Waals surface area contributed by atoms with Crippen molar-refractivity contribution >= 4 is 5.78 Å². The maximum absolute atomic E-state index is 11.5. The second-order valence-corrected chi connectivity index (χ2v) is 2.83. The van der Waals surface area contributed by atoms with Gasteiger partial charge in [-0.15, -0.1) is 5.92 Å². The maximum Gasteiger partial charge on any atom is 0.178 e. The van der Waals surface area contributed by atoms with E-state index < -0.39 is 0 Å². The Morgan fingerprint density at radius 3 is 2.85 bits per heavy atom. The van der Waals surface area contributed by atoms with E-state index >= 15 is 0 Å². The summed E-state index contributed by atoms with van der Waals surface area (Å²) in [6, 6.07) is 0. The minimum atomic E-state index is 0.0416. The number of hydrogen-bond donors (Lipinski definition) is 0. The fourth-order valence-electron chi connectivity index (χ4n) is 1.14. The number of rotatable bonds is 2. The average Bonchev–Trinajstić information content (AvgIpc) is 2.41. The van der Waals surface area contributed by atoms with E-state index in [1.807, 2.05) is 6.92 Å².